The van der Waals surface area contributed by atoms with Crippen LogP contribution >= 0.6 is 11.8 Å². The van der Waals surface area contributed by atoms with Crippen LogP contribution in [-0.2, 0) is 0 Å². The Balaban J connectivity index is 3.08. The van der Waals surface area contributed by atoms with Crippen LogP contribution in [0.25, 0.3) is 0 Å². The maximum absolute atomic E-state index is 9.49. The van der Waals surface area contributed by atoms with Gasteiger partial charge in [0.15, 0.2) is 0 Å². The van der Waals surface area contributed by atoms with E-state index < -0.39 is 0 Å². The molecule has 0 aliphatic heterocycles. The van der Waals surface area contributed by atoms with Gasteiger partial charge in [0, 0.05) is 4.90 Å². The zero-order valence-electron chi connectivity index (χ0n) is 7.66. The molecule has 0 atom stereocenters. The van der Waals surface area contributed by atoms with Crippen molar-refractivity contribution in [3.05, 3.63) is 23.8 Å². The highest BCUT2D eigenvalue weighted by Crippen LogP contribution is 2.29. The Morgan fingerprint density at radius 2 is 2.00 bits per heavy atom. The predicted octanol–water partition coefficient (Wildman–Crippen LogP) is 3.24. The highest BCUT2D eigenvalue weighted by atomic mass is 32.2. The van der Waals surface area contributed by atoms with Crippen LogP contribution in [0.5, 0.6) is 5.75 Å². The summed E-state index contributed by atoms with van der Waals surface area (Å²) in [6.07, 6.45) is 2.04. The van der Waals surface area contributed by atoms with Crippen molar-refractivity contribution in [1.29, 1.82) is 0 Å². The third kappa shape index (κ3) is 1.95. The second-order valence-electron chi connectivity index (χ2n) is 3.08. The lowest BCUT2D eigenvalue weighted by atomic mass is 10.0. The van der Waals surface area contributed by atoms with E-state index in [9.17, 15) is 5.11 Å². The van der Waals surface area contributed by atoms with Gasteiger partial charge in [0.2, 0.25) is 0 Å². The quantitative estimate of drug-likeness (QED) is 0.708. The van der Waals surface area contributed by atoms with E-state index in [1.807, 2.05) is 18.4 Å². The van der Waals surface area contributed by atoms with Crippen molar-refractivity contribution in [2.75, 3.05) is 6.26 Å². The number of rotatable bonds is 2. The van der Waals surface area contributed by atoms with Gasteiger partial charge < -0.3 is 5.11 Å². The van der Waals surface area contributed by atoms with Crippen molar-refractivity contribution in [3.8, 4) is 5.75 Å². The van der Waals surface area contributed by atoms with E-state index >= 15 is 0 Å². The van der Waals surface area contributed by atoms with Crippen LogP contribution in [0.1, 0.15) is 25.3 Å². The van der Waals surface area contributed by atoms with Gasteiger partial charge in [0.05, 0.1) is 0 Å². The molecule has 0 fully saturated rings. The van der Waals surface area contributed by atoms with E-state index in [0.717, 1.165) is 5.56 Å². The first-order chi connectivity index (χ1) is 5.65. The van der Waals surface area contributed by atoms with Crippen molar-refractivity contribution in [2.45, 2.75) is 24.7 Å². The maximum Gasteiger partial charge on any atom is 0.119 e. The monoisotopic (exact) mass is 182 g/mol. The molecular formula is C10H14OS. The number of benzene rings is 1. The van der Waals surface area contributed by atoms with Crippen molar-refractivity contribution in [2.24, 2.45) is 0 Å². The number of phenols is 1. The summed E-state index contributed by atoms with van der Waals surface area (Å²) in [7, 11) is 0. The Labute approximate surface area is 77.8 Å². The first-order valence-electron chi connectivity index (χ1n) is 4.02. The molecule has 12 heavy (non-hydrogen) atoms. The maximum atomic E-state index is 9.49. The van der Waals surface area contributed by atoms with E-state index in [-0.39, 0.29) is 0 Å². The van der Waals surface area contributed by atoms with Crippen LogP contribution in [-0.4, -0.2) is 11.4 Å². The van der Waals surface area contributed by atoms with Crippen LogP contribution in [0.3, 0.4) is 0 Å². The summed E-state index contributed by atoms with van der Waals surface area (Å²) >= 11 is 1.70. The molecule has 0 saturated heterocycles. The van der Waals surface area contributed by atoms with Crippen LogP contribution in [0.15, 0.2) is 23.1 Å². The largest absolute Gasteiger partial charge is 0.508 e. The molecule has 1 aromatic rings. The summed E-state index contributed by atoms with van der Waals surface area (Å²) in [6.45, 7) is 4.16. The molecule has 0 saturated carbocycles. The van der Waals surface area contributed by atoms with Gasteiger partial charge in [-0.3, -0.25) is 0 Å². The van der Waals surface area contributed by atoms with Gasteiger partial charge >= 0.3 is 0 Å². The van der Waals surface area contributed by atoms with Gasteiger partial charge in [0.25, 0.3) is 0 Å². The zero-order chi connectivity index (χ0) is 9.14. The number of thioether (sulfide) groups is 1. The molecule has 1 N–H and O–H groups in total. The molecule has 0 aliphatic carbocycles. The van der Waals surface area contributed by atoms with Gasteiger partial charge in [-0.15, -0.1) is 11.8 Å². The van der Waals surface area contributed by atoms with E-state index in [1.54, 1.807) is 17.8 Å². The Morgan fingerprint density at radius 3 is 2.50 bits per heavy atom. The molecule has 0 bridgehead atoms. The van der Waals surface area contributed by atoms with E-state index in [2.05, 4.69) is 13.8 Å². The minimum atomic E-state index is 0.386. The lowest BCUT2D eigenvalue weighted by molar-refractivity contribution is 0.464. The average molecular weight is 182 g/mol. The lowest BCUT2D eigenvalue weighted by Crippen LogP contribution is -1.88. The molecule has 0 radical (unpaired) electrons. The average Bonchev–Trinajstić information content (AvgIpc) is 2.05. The fourth-order valence-corrected chi connectivity index (χ4v) is 1.57. The predicted molar refractivity (Wildman–Crippen MR) is 54.0 cm³/mol. The molecular weight excluding hydrogens is 168 g/mol. The zero-order valence-corrected chi connectivity index (χ0v) is 8.48. The highest BCUT2D eigenvalue weighted by Gasteiger charge is 2.05. The number of hydrogen-bond donors (Lipinski definition) is 1. The Hall–Kier alpha value is -0.630. The SMILES string of the molecule is CSc1ccc(O)c(C(C)C)c1. The van der Waals surface area contributed by atoms with Gasteiger partial charge in [0.1, 0.15) is 5.75 Å². The summed E-state index contributed by atoms with van der Waals surface area (Å²) in [5.74, 6) is 0.792. The first-order valence-corrected chi connectivity index (χ1v) is 5.24. The summed E-state index contributed by atoms with van der Waals surface area (Å²) < 4.78 is 0. The van der Waals surface area contributed by atoms with Crippen molar-refractivity contribution in [3.63, 3.8) is 0 Å². The first kappa shape index (κ1) is 9.46. The summed E-state index contributed by atoms with van der Waals surface area (Å²) in [6, 6.07) is 5.75. The summed E-state index contributed by atoms with van der Waals surface area (Å²) in [5.41, 5.74) is 1.03. The molecule has 1 aromatic carbocycles. The van der Waals surface area contributed by atoms with E-state index in [4.69, 9.17) is 0 Å². The minimum Gasteiger partial charge on any atom is -0.508 e. The third-order valence-corrected chi connectivity index (χ3v) is 2.58. The molecule has 0 heterocycles. The molecule has 0 unspecified atom stereocenters. The highest BCUT2D eigenvalue weighted by molar-refractivity contribution is 7.98. The molecule has 1 rings (SSSR count). The Bertz CT molecular complexity index is 269. The van der Waals surface area contributed by atoms with Gasteiger partial charge in [-0.2, -0.15) is 0 Å². The molecule has 0 spiro atoms. The molecule has 1 nitrogen and oxygen atoms in total. The number of phenolic OH excluding ortho intramolecular Hbond substituents is 1. The molecule has 66 valence electrons. The second kappa shape index (κ2) is 3.85. The molecule has 2 heteroatoms. The summed E-state index contributed by atoms with van der Waals surface area (Å²) in [5, 5.41) is 9.49. The lowest BCUT2D eigenvalue weighted by Gasteiger charge is -2.09. The fraction of sp³-hybridized carbons (Fsp3) is 0.400. The Kier molecular flexibility index (Phi) is 3.04. The summed E-state index contributed by atoms with van der Waals surface area (Å²) in [4.78, 5) is 1.21. The molecule has 0 amide bonds. The van der Waals surface area contributed by atoms with Crippen molar-refractivity contribution >= 4 is 11.8 Å². The fourth-order valence-electron chi connectivity index (χ4n) is 1.12. The number of aromatic hydroxyl groups is 1. The number of hydrogen-bond acceptors (Lipinski definition) is 2. The molecule has 0 aromatic heterocycles. The minimum absolute atomic E-state index is 0.386. The second-order valence-corrected chi connectivity index (χ2v) is 3.96. The van der Waals surface area contributed by atoms with Gasteiger partial charge in [-0.1, -0.05) is 13.8 Å². The van der Waals surface area contributed by atoms with E-state index in [1.165, 1.54) is 4.90 Å². The van der Waals surface area contributed by atoms with Crippen molar-refractivity contribution in [1.82, 2.24) is 0 Å². The Morgan fingerprint density at radius 1 is 1.33 bits per heavy atom. The van der Waals surface area contributed by atoms with Crippen molar-refractivity contribution < 1.29 is 5.11 Å². The smallest absolute Gasteiger partial charge is 0.119 e. The van der Waals surface area contributed by atoms with Gasteiger partial charge in [-0.05, 0) is 35.9 Å². The topological polar surface area (TPSA) is 20.2 Å². The normalized spacial score (nSPS) is 10.7. The van der Waals surface area contributed by atoms with Gasteiger partial charge in [-0.25, -0.2) is 0 Å². The molecule has 0 aliphatic rings. The van der Waals surface area contributed by atoms with E-state index in [0.29, 0.717) is 11.7 Å². The standard InChI is InChI=1S/C10H14OS/c1-7(2)9-6-8(12-3)4-5-10(9)11/h4-7,11H,1-3H3. The van der Waals surface area contributed by atoms with Crippen LogP contribution in [0, 0.1) is 0 Å². The van der Waals surface area contributed by atoms with Crippen LogP contribution in [0.4, 0.5) is 0 Å². The van der Waals surface area contributed by atoms with Crippen LogP contribution in [0.2, 0.25) is 0 Å². The van der Waals surface area contributed by atoms with Crippen LogP contribution < -0.4 is 0 Å². The third-order valence-electron chi connectivity index (χ3n) is 1.86.